The van der Waals surface area contributed by atoms with Crippen molar-refractivity contribution in [3.8, 4) is 17.8 Å². The first kappa shape index (κ1) is 23.8. The molecule has 1 N–H and O–H groups in total. The van der Waals surface area contributed by atoms with Crippen LogP contribution in [0.4, 0.5) is 0 Å². The average molecular weight is 511 g/mol. The normalized spacial score (nSPS) is 14.9. The number of nitrogens with zero attached hydrogens (tertiary/aromatic N) is 7. The van der Waals surface area contributed by atoms with Gasteiger partial charge in [-0.05, 0) is 24.3 Å². The van der Waals surface area contributed by atoms with Gasteiger partial charge in [0, 0.05) is 38.7 Å². The summed E-state index contributed by atoms with van der Waals surface area (Å²) >= 11 is 0. The van der Waals surface area contributed by atoms with E-state index < -0.39 is 0 Å². The van der Waals surface area contributed by atoms with Gasteiger partial charge in [-0.2, -0.15) is 10.2 Å². The molecule has 6 rings (SSSR count). The van der Waals surface area contributed by atoms with Gasteiger partial charge < -0.3 is 14.8 Å². The Labute approximate surface area is 217 Å². The van der Waals surface area contributed by atoms with Crippen LogP contribution in [0.15, 0.2) is 59.8 Å². The Bertz CT molecular complexity index is 1730. The number of benzene rings is 2. The second-order valence-electron chi connectivity index (χ2n) is 9.05. The molecule has 0 fully saturated rings. The fraction of sp³-hybridized carbons (Fsp3) is 0.296. The van der Waals surface area contributed by atoms with Crippen LogP contribution in [-0.4, -0.2) is 62.1 Å². The van der Waals surface area contributed by atoms with E-state index in [-0.39, 0.29) is 11.7 Å². The van der Waals surface area contributed by atoms with E-state index in [2.05, 4.69) is 21.4 Å². The molecule has 192 valence electrons. The van der Waals surface area contributed by atoms with Crippen molar-refractivity contribution >= 4 is 22.2 Å². The molecule has 0 radical (unpaired) electrons. The molecule has 0 aliphatic carbocycles. The topological polar surface area (TPSA) is 125 Å². The molecule has 0 unspecified atom stereocenters. The lowest BCUT2D eigenvalue weighted by Gasteiger charge is -2.26. The molecule has 5 aromatic rings. The Morgan fingerprint density at radius 1 is 1.18 bits per heavy atom. The minimum atomic E-state index is -0.231. The summed E-state index contributed by atoms with van der Waals surface area (Å²) in [6.45, 7) is 2.84. The number of rotatable bonds is 8. The maximum absolute atomic E-state index is 13.9. The molecule has 38 heavy (non-hydrogen) atoms. The lowest BCUT2D eigenvalue weighted by atomic mass is 10.0. The molecule has 1 aliphatic heterocycles. The number of ether oxygens (including phenoxy) is 2. The number of nitrogens with one attached hydrogen (secondary N) is 1. The monoisotopic (exact) mass is 510 g/mol. The zero-order valence-corrected chi connectivity index (χ0v) is 20.9. The van der Waals surface area contributed by atoms with Crippen molar-refractivity contribution in [1.82, 2.24) is 34.0 Å². The summed E-state index contributed by atoms with van der Waals surface area (Å²) in [5, 5.41) is 12.7. The van der Waals surface area contributed by atoms with Gasteiger partial charge in [0.25, 0.3) is 0 Å². The van der Waals surface area contributed by atoms with Crippen LogP contribution >= 0.6 is 0 Å². The number of nitriles is 1. The maximum atomic E-state index is 13.9. The average Bonchev–Trinajstić information content (AvgIpc) is 3.50. The smallest absolute Gasteiger partial charge is 0.330 e. The van der Waals surface area contributed by atoms with E-state index in [0.29, 0.717) is 61.9 Å². The van der Waals surface area contributed by atoms with Crippen molar-refractivity contribution in [3.05, 3.63) is 76.6 Å². The molecule has 4 heterocycles. The van der Waals surface area contributed by atoms with E-state index in [9.17, 15) is 10.1 Å². The van der Waals surface area contributed by atoms with E-state index in [1.165, 1.54) is 0 Å². The molecule has 11 nitrogen and oxygen atoms in total. The van der Waals surface area contributed by atoms with Crippen molar-refractivity contribution in [3.63, 3.8) is 0 Å². The molecule has 1 atom stereocenters. The molecular weight excluding hydrogens is 484 g/mol. The Morgan fingerprint density at radius 3 is 2.95 bits per heavy atom. The maximum Gasteiger partial charge on any atom is 0.330 e. The number of para-hydroxylation sites is 1. The zero-order chi connectivity index (χ0) is 26.1. The van der Waals surface area contributed by atoms with E-state index >= 15 is 0 Å². The van der Waals surface area contributed by atoms with Gasteiger partial charge in [0.05, 0.1) is 48.1 Å². The number of fused-ring (bicyclic) bond motifs is 3. The Morgan fingerprint density at radius 2 is 2.08 bits per heavy atom. The summed E-state index contributed by atoms with van der Waals surface area (Å²) in [4.78, 5) is 27.9. The molecule has 0 saturated heterocycles. The largest absolute Gasteiger partial charge is 0.493 e. The van der Waals surface area contributed by atoms with Gasteiger partial charge in [0.15, 0.2) is 5.65 Å². The van der Waals surface area contributed by atoms with Gasteiger partial charge in [0.1, 0.15) is 17.6 Å². The van der Waals surface area contributed by atoms with E-state index in [0.717, 1.165) is 22.3 Å². The van der Waals surface area contributed by atoms with Crippen molar-refractivity contribution in [2.45, 2.75) is 19.0 Å². The number of aromatic nitrogens is 6. The summed E-state index contributed by atoms with van der Waals surface area (Å²) in [5.41, 5.74) is 3.95. The number of hydrogen-bond donors (Lipinski definition) is 1. The molecule has 0 spiro atoms. The predicted octanol–water partition coefficient (Wildman–Crippen LogP) is 2.41. The second-order valence-corrected chi connectivity index (χ2v) is 9.05. The highest BCUT2D eigenvalue weighted by Crippen LogP contribution is 2.35. The fourth-order valence-corrected chi connectivity index (χ4v) is 4.98. The van der Waals surface area contributed by atoms with Crippen LogP contribution in [0.5, 0.6) is 5.75 Å². The first-order valence-corrected chi connectivity index (χ1v) is 12.5. The highest BCUT2D eigenvalue weighted by molar-refractivity contribution is 5.79. The van der Waals surface area contributed by atoms with Crippen LogP contribution in [0.25, 0.3) is 28.1 Å². The van der Waals surface area contributed by atoms with Crippen LogP contribution in [0, 0.1) is 11.3 Å². The fourth-order valence-electron chi connectivity index (χ4n) is 4.98. The van der Waals surface area contributed by atoms with Crippen LogP contribution in [-0.2, 0) is 11.3 Å². The summed E-state index contributed by atoms with van der Waals surface area (Å²) in [6.07, 6.45) is 3.97. The van der Waals surface area contributed by atoms with Crippen LogP contribution in [0.3, 0.4) is 0 Å². The van der Waals surface area contributed by atoms with Gasteiger partial charge in [-0.25, -0.2) is 14.8 Å². The summed E-state index contributed by atoms with van der Waals surface area (Å²) in [5.74, 6) is 1.15. The standard InChI is InChI=1S/C27H26N8O3/c1-37-13-10-29-9-11-33-23-16-30-26(34-17-31-20-7-6-18(15-28)14-22(20)34)32-25(23)35(27(33)36)21-8-12-38-24-5-3-2-4-19(21)24/h2-7,14,16-17,21,29H,8-13H2,1H3/t21-/m1/s1. The minimum absolute atomic E-state index is 0.149. The Hall–Kier alpha value is -4.53. The molecule has 0 saturated carbocycles. The quantitative estimate of drug-likeness (QED) is 0.316. The Balaban J connectivity index is 1.50. The van der Waals surface area contributed by atoms with Crippen molar-refractivity contribution in [2.24, 2.45) is 0 Å². The van der Waals surface area contributed by atoms with E-state index in [1.807, 2.05) is 24.3 Å². The van der Waals surface area contributed by atoms with Crippen molar-refractivity contribution < 1.29 is 9.47 Å². The van der Waals surface area contributed by atoms with Crippen LogP contribution in [0.2, 0.25) is 0 Å². The summed E-state index contributed by atoms with van der Waals surface area (Å²) < 4.78 is 16.2. The van der Waals surface area contributed by atoms with Crippen molar-refractivity contribution in [2.75, 3.05) is 33.4 Å². The first-order valence-electron chi connectivity index (χ1n) is 12.5. The molecule has 11 heteroatoms. The van der Waals surface area contributed by atoms with Gasteiger partial charge in [-0.1, -0.05) is 18.2 Å². The van der Waals surface area contributed by atoms with Gasteiger partial charge in [-0.15, -0.1) is 0 Å². The van der Waals surface area contributed by atoms with E-state index in [1.54, 1.807) is 51.5 Å². The lowest BCUT2D eigenvalue weighted by Crippen LogP contribution is -2.33. The highest BCUT2D eigenvalue weighted by atomic mass is 16.5. The van der Waals surface area contributed by atoms with Gasteiger partial charge in [0.2, 0.25) is 5.95 Å². The first-order chi connectivity index (χ1) is 18.7. The molecule has 0 amide bonds. The number of imidazole rings is 2. The molecule has 1 aliphatic rings. The lowest BCUT2D eigenvalue weighted by molar-refractivity contribution is 0.199. The van der Waals surface area contributed by atoms with Crippen LogP contribution < -0.4 is 15.7 Å². The number of methoxy groups -OCH3 is 1. The Kier molecular flexibility index (Phi) is 6.33. The van der Waals surface area contributed by atoms with E-state index in [4.69, 9.17) is 14.5 Å². The SMILES string of the molecule is COCCNCCn1c(=O)n([C@@H]2CCOc3ccccc32)c2nc(-n3cnc4ccc(C#N)cc43)ncc21. The van der Waals surface area contributed by atoms with Gasteiger partial charge >= 0.3 is 5.69 Å². The molecule has 3 aromatic heterocycles. The summed E-state index contributed by atoms with van der Waals surface area (Å²) in [6, 6.07) is 15.0. The molecular formula is C27H26N8O3. The zero-order valence-electron chi connectivity index (χ0n) is 20.9. The predicted molar refractivity (Wildman–Crippen MR) is 141 cm³/mol. The third-order valence-corrected chi connectivity index (χ3v) is 6.82. The number of hydrogen-bond acceptors (Lipinski definition) is 8. The van der Waals surface area contributed by atoms with Crippen LogP contribution in [0.1, 0.15) is 23.6 Å². The third-order valence-electron chi connectivity index (χ3n) is 6.82. The van der Waals surface area contributed by atoms with Gasteiger partial charge in [-0.3, -0.25) is 13.7 Å². The third kappa shape index (κ3) is 4.09. The minimum Gasteiger partial charge on any atom is -0.493 e. The molecule has 2 aromatic carbocycles. The van der Waals surface area contributed by atoms with Crippen molar-refractivity contribution in [1.29, 1.82) is 5.26 Å². The molecule has 0 bridgehead atoms. The summed E-state index contributed by atoms with van der Waals surface area (Å²) in [7, 11) is 1.66. The highest BCUT2D eigenvalue weighted by Gasteiger charge is 2.28. The second kappa shape index (κ2) is 10.1.